The normalized spacial score (nSPS) is 14.9. The van der Waals surface area contributed by atoms with E-state index in [4.69, 9.17) is 9.47 Å². The number of carbonyl (C=O) groups is 1. The fourth-order valence-corrected chi connectivity index (χ4v) is 2.59. The molecule has 0 radical (unpaired) electrons. The van der Waals surface area contributed by atoms with Crippen LogP contribution in [0.15, 0.2) is 10.5 Å². The topological polar surface area (TPSA) is 35.5 Å². The lowest BCUT2D eigenvalue weighted by Crippen LogP contribution is -2.00. The first-order valence-corrected chi connectivity index (χ1v) is 5.65. The van der Waals surface area contributed by atoms with Gasteiger partial charge in [-0.05, 0) is 21.8 Å². The molecule has 0 fully saturated rings. The van der Waals surface area contributed by atoms with E-state index in [0.29, 0.717) is 21.5 Å². The van der Waals surface area contributed by atoms with Crippen LogP contribution >= 0.6 is 15.9 Å². The van der Waals surface area contributed by atoms with Gasteiger partial charge in [-0.1, -0.05) is 6.92 Å². The third-order valence-corrected chi connectivity index (χ3v) is 3.32. The molecule has 0 aliphatic carbocycles. The molecule has 1 aromatic rings. The van der Waals surface area contributed by atoms with Crippen molar-refractivity contribution in [1.82, 2.24) is 0 Å². The van der Waals surface area contributed by atoms with Crippen molar-refractivity contribution in [3.8, 4) is 11.5 Å². The van der Waals surface area contributed by atoms with Crippen molar-refractivity contribution in [3.63, 3.8) is 0 Å². The Morgan fingerprint density at radius 1 is 1.62 bits per heavy atom. The zero-order valence-electron chi connectivity index (χ0n) is 8.63. The van der Waals surface area contributed by atoms with Crippen LogP contribution in [0.25, 0.3) is 0 Å². The first-order chi connectivity index (χ1) is 7.65. The highest BCUT2D eigenvalue weighted by Crippen LogP contribution is 2.45. The van der Waals surface area contributed by atoms with Gasteiger partial charge in [0.1, 0.15) is 12.1 Å². The predicted octanol–water partition coefficient (Wildman–Crippen LogP) is 3.01. The van der Waals surface area contributed by atoms with Crippen LogP contribution in [0.3, 0.4) is 0 Å². The molecule has 0 saturated heterocycles. The van der Waals surface area contributed by atoms with Gasteiger partial charge in [-0.25, -0.2) is 4.39 Å². The molecule has 0 N–H and O–H groups in total. The Labute approximate surface area is 101 Å². The Morgan fingerprint density at radius 2 is 2.38 bits per heavy atom. The number of hydrogen-bond acceptors (Lipinski definition) is 3. The molecule has 1 aromatic carbocycles. The summed E-state index contributed by atoms with van der Waals surface area (Å²) < 4.78 is 24.7. The van der Waals surface area contributed by atoms with Gasteiger partial charge in [-0.15, -0.1) is 0 Å². The number of hydrogen-bond donors (Lipinski definition) is 0. The molecule has 1 heterocycles. The third-order valence-electron chi connectivity index (χ3n) is 2.54. The van der Waals surface area contributed by atoms with E-state index in [0.717, 1.165) is 6.29 Å². The van der Waals surface area contributed by atoms with Crippen molar-refractivity contribution in [2.45, 2.75) is 19.3 Å². The molecule has 0 amide bonds. The van der Waals surface area contributed by atoms with Crippen molar-refractivity contribution in [3.05, 3.63) is 21.9 Å². The second-order valence-electron chi connectivity index (χ2n) is 3.62. The Balaban J connectivity index is 2.49. The summed E-state index contributed by atoms with van der Waals surface area (Å²) in [6.07, 6.45) is 1.05. The van der Waals surface area contributed by atoms with Crippen LogP contribution in [-0.2, 0) is 4.79 Å². The van der Waals surface area contributed by atoms with E-state index in [2.05, 4.69) is 15.9 Å². The summed E-state index contributed by atoms with van der Waals surface area (Å²) in [5.74, 6) is 0.326. The van der Waals surface area contributed by atoms with Crippen molar-refractivity contribution in [2.24, 2.45) is 0 Å². The van der Waals surface area contributed by atoms with Crippen molar-refractivity contribution in [1.29, 1.82) is 0 Å². The molecule has 86 valence electrons. The van der Waals surface area contributed by atoms with Gasteiger partial charge in [0.2, 0.25) is 6.79 Å². The highest BCUT2D eigenvalue weighted by atomic mass is 79.9. The van der Waals surface area contributed by atoms with Crippen LogP contribution in [0.2, 0.25) is 0 Å². The minimum Gasteiger partial charge on any atom is -0.453 e. The van der Waals surface area contributed by atoms with Gasteiger partial charge in [0, 0.05) is 18.1 Å². The average Bonchev–Trinajstić information content (AvgIpc) is 2.66. The van der Waals surface area contributed by atoms with Crippen LogP contribution in [-0.4, -0.2) is 13.1 Å². The van der Waals surface area contributed by atoms with Crippen LogP contribution < -0.4 is 9.47 Å². The van der Waals surface area contributed by atoms with Gasteiger partial charge in [-0.2, -0.15) is 0 Å². The lowest BCUT2D eigenvalue weighted by Gasteiger charge is -2.13. The monoisotopic (exact) mass is 288 g/mol. The second kappa shape index (κ2) is 4.41. The standard InChI is InChI=1S/C11H10BrFO3/c1-6(2-3-14)9-7(13)4-8-11(10(9)12)16-5-15-8/h3-4,6H,2,5H2,1H3. The minimum absolute atomic E-state index is 0.0961. The molecule has 0 spiro atoms. The largest absolute Gasteiger partial charge is 0.453 e. The van der Waals surface area contributed by atoms with Gasteiger partial charge in [0.05, 0.1) is 4.47 Å². The molecule has 3 nitrogen and oxygen atoms in total. The molecule has 1 unspecified atom stereocenters. The van der Waals surface area contributed by atoms with Crippen LogP contribution in [0.4, 0.5) is 4.39 Å². The molecule has 1 aliphatic heterocycles. The molecule has 16 heavy (non-hydrogen) atoms. The zero-order chi connectivity index (χ0) is 11.7. The molecule has 0 saturated carbocycles. The molecule has 0 aromatic heterocycles. The summed E-state index contributed by atoms with van der Waals surface area (Å²) in [6.45, 7) is 1.89. The van der Waals surface area contributed by atoms with Gasteiger partial charge < -0.3 is 14.3 Å². The number of fused-ring (bicyclic) bond motifs is 1. The highest BCUT2D eigenvalue weighted by Gasteiger charge is 2.25. The van der Waals surface area contributed by atoms with Crippen molar-refractivity contribution >= 4 is 22.2 Å². The molecule has 1 aliphatic rings. The summed E-state index contributed by atoms with van der Waals surface area (Å²) in [4.78, 5) is 10.5. The van der Waals surface area contributed by atoms with Crippen LogP contribution in [0, 0.1) is 5.82 Å². The first kappa shape index (κ1) is 11.4. The SMILES string of the molecule is CC(CC=O)c1c(F)cc2c(c1Br)OCO2. The summed E-state index contributed by atoms with van der Waals surface area (Å²) in [7, 11) is 0. The number of ether oxygens (including phenoxy) is 2. The van der Waals surface area contributed by atoms with E-state index in [1.54, 1.807) is 6.92 Å². The lowest BCUT2D eigenvalue weighted by molar-refractivity contribution is -0.108. The van der Waals surface area contributed by atoms with Gasteiger partial charge in [-0.3, -0.25) is 0 Å². The molecular weight excluding hydrogens is 279 g/mol. The quantitative estimate of drug-likeness (QED) is 0.802. The number of aldehydes is 1. The number of rotatable bonds is 3. The molecular formula is C11H10BrFO3. The Hall–Kier alpha value is -1.10. The predicted molar refractivity (Wildman–Crippen MR) is 59.3 cm³/mol. The Bertz CT molecular complexity index is 434. The smallest absolute Gasteiger partial charge is 0.231 e. The number of benzene rings is 1. The molecule has 1 atom stereocenters. The Kier molecular flexibility index (Phi) is 3.14. The molecule has 2 rings (SSSR count). The summed E-state index contributed by atoms with van der Waals surface area (Å²) in [5.41, 5.74) is 0.455. The van der Waals surface area contributed by atoms with E-state index in [9.17, 15) is 9.18 Å². The molecule has 0 bridgehead atoms. The maximum atomic E-state index is 13.8. The summed E-state index contributed by atoms with van der Waals surface area (Å²) in [6, 6.07) is 1.30. The first-order valence-electron chi connectivity index (χ1n) is 4.86. The minimum atomic E-state index is -0.384. The van der Waals surface area contributed by atoms with Crippen molar-refractivity contribution in [2.75, 3.05) is 6.79 Å². The maximum Gasteiger partial charge on any atom is 0.231 e. The fourth-order valence-electron chi connectivity index (χ4n) is 1.70. The lowest BCUT2D eigenvalue weighted by atomic mass is 9.97. The van der Waals surface area contributed by atoms with Crippen LogP contribution in [0.1, 0.15) is 24.8 Å². The zero-order valence-corrected chi connectivity index (χ0v) is 10.2. The highest BCUT2D eigenvalue weighted by molar-refractivity contribution is 9.10. The number of halogens is 2. The van der Waals surface area contributed by atoms with Crippen molar-refractivity contribution < 1.29 is 18.7 Å². The van der Waals surface area contributed by atoms with E-state index in [1.165, 1.54) is 6.07 Å². The Morgan fingerprint density at radius 3 is 3.06 bits per heavy atom. The van der Waals surface area contributed by atoms with E-state index in [-0.39, 0.29) is 24.9 Å². The van der Waals surface area contributed by atoms with E-state index < -0.39 is 0 Å². The summed E-state index contributed by atoms with van der Waals surface area (Å²) >= 11 is 3.29. The van der Waals surface area contributed by atoms with Gasteiger partial charge in [0.25, 0.3) is 0 Å². The second-order valence-corrected chi connectivity index (χ2v) is 4.42. The van der Waals surface area contributed by atoms with E-state index in [1.807, 2.05) is 0 Å². The van der Waals surface area contributed by atoms with Crippen LogP contribution in [0.5, 0.6) is 11.5 Å². The van der Waals surface area contributed by atoms with Gasteiger partial charge in [0.15, 0.2) is 11.5 Å². The maximum absolute atomic E-state index is 13.8. The van der Waals surface area contributed by atoms with Gasteiger partial charge >= 0.3 is 0 Å². The van der Waals surface area contributed by atoms with E-state index >= 15 is 0 Å². The average molecular weight is 289 g/mol. The molecule has 5 heteroatoms. The summed E-state index contributed by atoms with van der Waals surface area (Å²) in [5, 5.41) is 0. The third kappa shape index (κ3) is 1.80. The fraction of sp³-hybridized carbons (Fsp3) is 0.364. The number of carbonyl (C=O) groups excluding carboxylic acids is 1.